The normalized spacial score (nSPS) is 15.1. The Bertz CT molecular complexity index is 1020. The molecule has 1 atom stereocenters. The Morgan fingerprint density at radius 3 is 2.35 bits per heavy atom. The standard InChI is InChI=1S/C25H28N2O7/c1-3-13-33-24(30)17-5-7-19(8-6-17)26-22(28)16-34-25(31)18-14-23(29)27(15-18)20-9-11-21(12-10-20)32-4-2/h5-12,18H,3-4,13-16H2,1-2H3,(H,26,28)/t18-/m0/s1. The summed E-state index contributed by atoms with van der Waals surface area (Å²) in [5, 5.41) is 2.60. The smallest absolute Gasteiger partial charge is 0.338 e. The minimum Gasteiger partial charge on any atom is -0.494 e. The van der Waals surface area contributed by atoms with E-state index in [1.165, 1.54) is 4.90 Å². The lowest BCUT2D eigenvalue weighted by Gasteiger charge is -2.17. The van der Waals surface area contributed by atoms with Gasteiger partial charge in [-0.1, -0.05) is 6.92 Å². The molecule has 2 aromatic carbocycles. The predicted octanol–water partition coefficient (Wildman–Crippen LogP) is 3.19. The molecule has 9 nitrogen and oxygen atoms in total. The zero-order valence-electron chi connectivity index (χ0n) is 19.2. The second-order valence-corrected chi connectivity index (χ2v) is 7.70. The molecule has 0 spiro atoms. The van der Waals surface area contributed by atoms with Crippen LogP contribution >= 0.6 is 0 Å². The molecule has 0 saturated carbocycles. The van der Waals surface area contributed by atoms with Crippen LogP contribution in [0.5, 0.6) is 5.75 Å². The molecule has 0 aromatic heterocycles. The van der Waals surface area contributed by atoms with Gasteiger partial charge in [-0.25, -0.2) is 4.79 Å². The Kier molecular flexibility index (Phi) is 8.61. The molecule has 9 heteroatoms. The van der Waals surface area contributed by atoms with E-state index in [1.807, 2.05) is 13.8 Å². The lowest BCUT2D eigenvalue weighted by molar-refractivity contribution is -0.151. The summed E-state index contributed by atoms with van der Waals surface area (Å²) >= 11 is 0. The van der Waals surface area contributed by atoms with Gasteiger partial charge in [0.25, 0.3) is 5.91 Å². The first-order chi connectivity index (χ1) is 16.4. The van der Waals surface area contributed by atoms with Gasteiger partial charge < -0.3 is 24.4 Å². The first kappa shape index (κ1) is 24.8. The Labute approximate surface area is 198 Å². The molecule has 1 N–H and O–H groups in total. The van der Waals surface area contributed by atoms with Crippen LogP contribution in [-0.4, -0.2) is 50.1 Å². The van der Waals surface area contributed by atoms with Crippen LogP contribution in [0.4, 0.5) is 11.4 Å². The van der Waals surface area contributed by atoms with Crippen molar-refractivity contribution in [3.8, 4) is 5.75 Å². The second kappa shape index (κ2) is 11.8. The Hall–Kier alpha value is -3.88. The first-order valence-electron chi connectivity index (χ1n) is 11.2. The molecule has 3 rings (SSSR count). The first-order valence-corrected chi connectivity index (χ1v) is 11.2. The van der Waals surface area contributed by atoms with Crippen molar-refractivity contribution < 1.29 is 33.4 Å². The highest BCUT2D eigenvalue weighted by molar-refractivity contribution is 6.00. The van der Waals surface area contributed by atoms with Gasteiger partial charge in [0.2, 0.25) is 5.91 Å². The van der Waals surface area contributed by atoms with Crippen LogP contribution in [0.15, 0.2) is 48.5 Å². The molecule has 1 fully saturated rings. The van der Waals surface area contributed by atoms with Gasteiger partial charge in [0.1, 0.15) is 5.75 Å². The number of nitrogens with zero attached hydrogens (tertiary/aromatic N) is 1. The minimum atomic E-state index is -0.653. The molecule has 0 unspecified atom stereocenters. The molecule has 0 radical (unpaired) electrons. The van der Waals surface area contributed by atoms with Crippen molar-refractivity contribution >= 4 is 35.1 Å². The summed E-state index contributed by atoms with van der Waals surface area (Å²) < 4.78 is 15.6. The van der Waals surface area contributed by atoms with Crippen molar-refractivity contribution in [3.05, 3.63) is 54.1 Å². The number of amides is 2. The van der Waals surface area contributed by atoms with Crippen LogP contribution < -0.4 is 15.0 Å². The fraction of sp³-hybridized carbons (Fsp3) is 0.360. The molecule has 1 aliphatic heterocycles. The third-order valence-corrected chi connectivity index (χ3v) is 5.10. The van der Waals surface area contributed by atoms with Crippen LogP contribution in [0, 0.1) is 5.92 Å². The molecule has 180 valence electrons. The lowest BCUT2D eigenvalue weighted by Crippen LogP contribution is -2.28. The van der Waals surface area contributed by atoms with Gasteiger partial charge in [0.15, 0.2) is 6.61 Å². The number of carbonyl (C=O) groups excluding carboxylic acids is 4. The minimum absolute atomic E-state index is 0.0171. The summed E-state index contributed by atoms with van der Waals surface area (Å²) in [7, 11) is 0. The molecule has 1 heterocycles. The van der Waals surface area contributed by atoms with E-state index >= 15 is 0 Å². The number of benzene rings is 2. The number of rotatable bonds is 10. The summed E-state index contributed by atoms with van der Waals surface area (Å²) in [6, 6.07) is 13.3. The van der Waals surface area contributed by atoms with E-state index in [1.54, 1.807) is 48.5 Å². The highest BCUT2D eigenvalue weighted by Gasteiger charge is 2.36. The van der Waals surface area contributed by atoms with Gasteiger partial charge in [-0.15, -0.1) is 0 Å². The van der Waals surface area contributed by atoms with E-state index in [0.29, 0.717) is 35.9 Å². The largest absolute Gasteiger partial charge is 0.494 e. The average molecular weight is 469 g/mol. The van der Waals surface area contributed by atoms with Crippen molar-refractivity contribution in [2.24, 2.45) is 5.92 Å². The summed E-state index contributed by atoms with van der Waals surface area (Å²) in [4.78, 5) is 50.3. The van der Waals surface area contributed by atoms with Crippen molar-refractivity contribution in [2.45, 2.75) is 26.7 Å². The van der Waals surface area contributed by atoms with E-state index in [4.69, 9.17) is 14.2 Å². The highest BCUT2D eigenvalue weighted by atomic mass is 16.5. The topological polar surface area (TPSA) is 111 Å². The fourth-order valence-electron chi connectivity index (χ4n) is 3.42. The number of hydrogen-bond donors (Lipinski definition) is 1. The van der Waals surface area contributed by atoms with Gasteiger partial charge in [-0.3, -0.25) is 14.4 Å². The number of ether oxygens (including phenoxy) is 3. The van der Waals surface area contributed by atoms with E-state index in [9.17, 15) is 19.2 Å². The van der Waals surface area contributed by atoms with E-state index in [0.717, 1.165) is 6.42 Å². The molecule has 2 aromatic rings. The molecule has 1 aliphatic rings. The maximum Gasteiger partial charge on any atom is 0.338 e. The van der Waals surface area contributed by atoms with Crippen LogP contribution in [0.1, 0.15) is 37.0 Å². The van der Waals surface area contributed by atoms with E-state index < -0.39 is 30.4 Å². The number of nitrogens with one attached hydrogen (secondary N) is 1. The summed E-state index contributed by atoms with van der Waals surface area (Å²) in [5.74, 6) is -1.70. The predicted molar refractivity (Wildman–Crippen MR) is 125 cm³/mol. The van der Waals surface area contributed by atoms with Crippen LogP contribution in [0.2, 0.25) is 0 Å². The zero-order valence-corrected chi connectivity index (χ0v) is 19.2. The summed E-state index contributed by atoms with van der Waals surface area (Å²) in [6.07, 6.45) is 0.747. The van der Waals surface area contributed by atoms with Gasteiger partial charge in [-0.05, 0) is 61.9 Å². The van der Waals surface area contributed by atoms with Gasteiger partial charge in [0, 0.05) is 24.3 Å². The van der Waals surface area contributed by atoms with Gasteiger partial charge in [-0.2, -0.15) is 0 Å². The molecular weight excluding hydrogens is 440 g/mol. The zero-order chi connectivity index (χ0) is 24.5. The maximum atomic E-state index is 12.4. The molecule has 0 aliphatic carbocycles. The summed E-state index contributed by atoms with van der Waals surface area (Å²) in [6.45, 7) is 4.38. The monoisotopic (exact) mass is 468 g/mol. The summed E-state index contributed by atoms with van der Waals surface area (Å²) in [5.41, 5.74) is 1.50. The number of anilines is 2. The van der Waals surface area contributed by atoms with E-state index in [2.05, 4.69) is 5.32 Å². The van der Waals surface area contributed by atoms with Crippen LogP contribution in [0.3, 0.4) is 0 Å². The Morgan fingerprint density at radius 2 is 1.71 bits per heavy atom. The van der Waals surface area contributed by atoms with Crippen molar-refractivity contribution in [1.82, 2.24) is 0 Å². The van der Waals surface area contributed by atoms with Crippen LogP contribution in [0.25, 0.3) is 0 Å². The maximum absolute atomic E-state index is 12.4. The quantitative estimate of drug-likeness (QED) is 0.533. The number of hydrogen-bond acceptors (Lipinski definition) is 7. The van der Waals surface area contributed by atoms with Crippen molar-refractivity contribution in [2.75, 3.05) is 36.6 Å². The average Bonchev–Trinajstić information content (AvgIpc) is 3.24. The third kappa shape index (κ3) is 6.57. The van der Waals surface area contributed by atoms with Crippen LogP contribution in [-0.2, 0) is 23.9 Å². The third-order valence-electron chi connectivity index (χ3n) is 5.10. The second-order valence-electron chi connectivity index (χ2n) is 7.70. The molecular formula is C25H28N2O7. The van der Waals surface area contributed by atoms with Crippen molar-refractivity contribution in [1.29, 1.82) is 0 Å². The fourth-order valence-corrected chi connectivity index (χ4v) is 3.42. The molecule has 0 bridgehead atoms. The number of carbonyl (C=O) groups is 4. The molecule has 2 amide bonds. The lowest BCUT2D eigenvalue weighted by atomic mass is 10.1. The van der Waals surface area contributed by atoms with Gasteiger partial charge >= 0.3 is 11.9 Å². The van der Waals surface area contributed by atoms with Crippen molar-refractivity contribution in [3.63, 3.8) is 0 Å². The van der Waals surface area contributed by atoms with Gasteiger partial charge in [0.05, 0.1) is 24.7 Å². The van der Waals surface area contributed by atoms with E-state index in [-0.39, 0.29) is 18.9 Å². The Morgan fingerprint density at radius 1 is 1.00 bits per heavy atom. The SMILES string of the molecule is CCCOC(=O)c1ccc(NC(=O)COC(=O)[C@H]2CC(=O)N(c3ccc(OCC)cc3)C2)cc1. The Balaban J connectivity index is 1.46. The highest BCUT2D eigenvalue weighted by Crippen LogP contribution is 2.27. The number of esters is 2. The molecule has 34 heavy (non-hydrogen) atoms. The molecule has 1 saturated heterocycles.